The van der Waals surface area contributed by atoms with Crippen LogP contribution < -0.4 is 5.73 Å². The van der Waals surface area contributed by atoms with E-state index in [0.717, 1.165) is 12.8 Å². The fourth-order valence-corrected chi connectivity index (χ4v) is 3.60. The summed E-state index contributed by atoms with van der Waals surface area (Å²) >= 11 is 7.50. The van der Waals surface area contributed by atoms with E-state index >= 15 is 0 Å². The molecular weight excluding hydrogens is 309 g/mol. The molecule has 2 aromatic heterocycles. The van der Waals surface area contributed by atoms with Crippen molar-refractivity contribution in [1.82, 2.24) is 9.55 Å². The monoisotopic (exact) mass is 323 g/mol. The molecule has 0 saturated heterocycles. The van der Waals surface area contributed by atoms with E-state index in [1.165, 1.54) is 17.0 Å². The Bertz CT molecular complexity index is 767. The zero-order valence-electron chi connectivity index (χ0n) is 11.5. The van der Waals surface area contributed by atoms with E-state index in [2.05, 4.69) is 18.0 Å². The maximum Gasteiger partial charge on any atom is 0.201 e. The number of rotatable bonds is 4. The van der Waals surface area contributed by atoms with Gasteiger partial charge in [0.05, 0.1) is 22.1 Å². The smallest absolute Gasteiger partial charge is 0.201 e. The third kappa shape index (κ3) is 2.51. The predicted molar refractivity (Wildman–Crippen MR) is 86.5 cm³/mol. The van der Waals surface area contributed by atoms with Crippen LogP contribution in [0.2, 0.25) is 5.02 Å². The van der Waals surface area contributed by atoms with E-state index in [4.69, 9.17) is 17.3 Å². The summed E-state index contributed by atoms with van der Waals surface area (Å²) in [7, 11) is 0. The van der Waals surface area contributed by atoms with Gasteiger partial charge in [-0.1, -0.05) is 31.0 Å². The van der Waals surface area contributed by atoms with E-state index in [9.17, 15) is 4.39 Å². The minimum atomic E-state index is -0.452. The molecule has 1 aromatic carbocycles. The Morgan fingerprint density at radius 3 is 2.95 bits per heavy atom. The quantitative estimate of drug-likeness (QED) is 0.745. The molecule has 3 rings (SSSR count). The Morgan fingerprint density at radius 2 is 2.29 bits per heavy atom. The summed E-state index contributed by atoms with van der Waals surface area (Å²) in [6, 6.07) is 7.09. The predicted octanol–water partition coefficient (Wildman–Crippen LogP) is 4.86. The highest BCUT2D eigenvalue weighted by atomic mass is 35.5. The first-order valence-electron chi connectivity index (χ1n) is 6.77. The second kappa shape index (κ2) is 5.66. The Balaban J connectivity index is 2.21. The number of nitrogen functional groups attached to an aromatic ring is 1. The van der Waals surface area contributed by atoms with Gasteiger partial charge in [0, 0.05) is 10.9 Å². The van der Waals surface area contributed by atoms with Crippen molar-refractivity contribution in [3.63, 3.8) is 0 Å². The van der Waals surface area contributed by atoms with Crippen molar-refractivity contribution in [3.8, 4) is 0 Å². The SMILES string of the molecule is CCCC(c1cccs1)n1c(N)nc2cc(Cl)c(F)cc21. The highest BCUT2D eigenvalue weighted by molar-refractivity contribution is 7.10. The van der Waals surface area contributed by atoms with Gasteiger partial charge >= 0.3 is 0 Å². The third-order valence-corrected chi connectivity index (χ3v) is 4.77. The van der Waals surface area contributed by atoms with Gasteiger partial charge in [-0.2, -0.15) is 0 Å². The molecule has 1 atom stereocenters. The lowest BCUT2D eigenvalue weighted by Crippen LogP contribution is -2.12. The van der Waals surface area contributed by atoms with Crippen molar-refractivity contribution in [3.05, 3.63) is 45.4 Å². The van der Waals surface area contributed by atoms with Gasteiger partial charge in [-0.05, 0) is 23.9 Å². The van der Waals surface area contributed by atoms with E-state index in [1.807, 2.05) is 16.0 Å². The van der Waals surface area contributed by atoms with Gasteiger partial charge < -0.3 is 10.3 Å². The number of aromatic nitrogens is 2. The van der Waals surface area contributed by atoms with Crippen LogP contribution in [0.3, 0.4) is 0 Å². The first-order chi connectivity index (χ1) is 10.1. The Kier molecular flexibility index (Phi) is 3.87. The molecule has 1 unspecified atom stereocenters. The average molecular weight is 324 g/mol. The number of benzene rings is 1. The van der Waals surface area contributed by atoms with Crippen LogP contribution in [0, 0.1) is 5.82 Å². The molecule has 0 radical (unpaired) electrons. The lowest BCUT2D eigenvalue weighted by molar-refractivity contribution is 0.558. The number of nitrogens with two attached hydrogens (primary N) is 1. The fraction of sp³-hybridized carbons (Fsp3) is 0.267. The number of fused-ring (bicyclic) bond motifs is 1. The summed E-state index contributed by atoms with van der Waals surface area (Å²) < 4.78 is 15.7. The molecule has 0 fully saturated rings. The molecule has 21 heavy (non-hydrogen) atoms. The second-order valence-electron chi connectivity index (χ2n) is 4.91. The van der Waals surface area contributed by atoms with Crippen molar-refractivity contribution in [1.29, 1.82) is 0 Å². The average Bonchev–Trinajstić information content (AvgIpc) is 3.06. The summed E-state index contributed by atoms with van der Waals surface area (Å²) in [6.45, 7) is 2.12. The van der Waals surface area contributed by atoms with Crippen LogP contribution in [0.1, 0.15) is 30.7 Å². The second-order valence-corrected chi connectivity index (χ2v) is 6.30. The Labute approximate surface area is 131 Å². The topological polar surface area (TPSA) is 43.8 Å². The minimum Gasteiger partial charge on any atom is -0.369 e. The van der Waals surface area contributed by atoms with Crippen molar-refractivity contribution in [2.45, 2.75) is 25.8 Å². The van der Waals surface area contributed by atoms with Crippen LogP contribution in [0.5, 0.6) is 0 Å². The number of hydrogen-bond acceptors (Lipinski definition) is 3. The van der Waals surface area contributed by atoms with E-state index in [-0.39, 0.29) is 11.1 Å². The summed E-state index contributed by atoms with van der Waals surface area (Å²) in [4.78, 5) is 5.52. The van der Waals surface area contributed by atoms with Gasteiger partial charge in [-0.25, -0.2) is 9.37 Å². The Hall–Kier alpha value is -1.59. The van der Waals surface area contributed by atoms with Crippen molar-refractivity contribution >= 4 is 39.9 Å². The minimum absolute atomic E-state index is 0.0651. The maximum absolute atomic E-state index is 13.8. The lowest BCUT2D eigenvalue weighted by Gasteiger charge is -2.19. The zero-order chi connectivity index (χ0) is 15.0. The van der Waals surface area contributed by atoms with Crippen LogP contribution in [0.25, 0.3) is 11.0 Å². The van der Waals surface area contributed by atoms with Crippen LogP contribution in [0.4, 0.5) is 10.3 Å². The largest absolute Gasteiger partial charge is 0.369 e. The van der Waals surface area contributed by atoms with Crippen molar-refractivity contribution < 1.29 is 4.39 Å². The number of thiophene rings is 1. The van der Waals surface area contributed by atoms with Gasteiger partial charge in [0.15, 0.2) is 0 Å². The first kappa shape index (κ1) is 14.4. The normalized spacial score (nSPS) is 12.9. The standard InChI is InChI=1S/C15H15ClFN3S/c1-2-4-12(14-5-3-6-21-14)20-13-8-10(17)9(16)7-11(13)19-15(20)18/h3,5-8,12H,2,4H2,1H3,(H2,18,19). The molecule has 110 valence electrons. The molecule has 0 amide bonds. The van der Waals surface area contributed by atoms with Crippen LogP contribution >= 0.6 is 22.9 Å². The summed E-state index contributed by atoms with van der Waals surface area (Å²) in [5.41, 5.74) is 7.39. The number of imidazole rings is 1. The van der Waals surface area contributed by atoms with Gasteiger partial charge in [0.2, 0.25) is 5.95 Å². The van der Waals surface area contributed by atoms with Gasteiger partial charge in [-0.3, -0.25) is 0 Å². The molecule has 2 N–H and O–H groups in total. The van der Waals surface area contributed by atoms with E-state index < -0.39 is 5.82 Å². The molecule has 0 aliphatic rings. The highest BCUT2D eigenvalue weighted by Gasteiger charge is 2.21. The molecule has 0 bridgehead atoms. The molecule has 3 nitrogen and oxygen atoms in total. The van der Waals surface area contributed by atoms with Crippen molar-refractivity contribution in [2.24, 2.45) is 0 Å². The lowest BCUT2D eigenvalue weighted by atomic mass is 10.1. The van der Waals surface area contributed by atoms with Gasteiger partial charge in [0.25, 0.3) is 0 Å². The molecule has 0 aliphatic carbocycles. The molecular formula is C15H15ClFN3S. The van der Waals surface area contributed by atoms with Gasteiger partial charge in [0.1, 0.15) is 5.82 Å². The van der Waals surface area contributed by atoms with Crippen LogP contribution in [-0.2, 0) is 0 Å². The van der Waals surface area contributed by atoms with Crippen molar-refractivity contribution in [2.75, 3.05) is 5.73 Å². The first-order valence-corrected chi connectivity index (χ1v) is 8.03. The number of anilines is 1. The molecule has 0 spiro atoms. The van der Waals surface area contributed by atoms with E-state index in [0.29, 0.717) is 17.0 Å². The van der Waals surface area contributed by atoms with Crippen LogP contribution in [0.15, 0.2) is 29.6 Å². The third-order valence-electron chi connectivity index (χ3n) is 3.50. The fourth-order valence-electron chi connectivity index (χ4n) is 2.59. The summed E-state index contributed by atoms with van der Waals surface area (Å²) in [5, 5.41) is 2.10. The number of nitrogens with zero attached hydrogens (tertiary/aromatic N) is 2. The van der Waals surface area contributed by atoms with E-state index in [1.54, 1.807) is 11.3 Å². The Morgan fingerprint density at radius 1 is 1.48 bits per heavy atom. The molecule has 2 heterocycles. The highest BCUT2D eigenvalue weighted by Crippen LogP contribution is 2.34. The molecule has 0 saturated carbocycles. The summed E-state index contributed by atoms with van der Waals surface area (Å²) in [6.07, 6.45) is 1.91. The maximum atomic E-state index is 13.8. The molecule has 3 aromatic rings. The molecule has 0 aliphatic heterocycles. The molecule has 6 heteroatoms. The number of halogens is 2. The zero-order valence-corrected chi connectivity index (χ0v) is 13.1. The summed E-state index contributed by atoms with van der Waals surface area (Å²) in [5.74, 6) is -0.0646. The van der Waals surface area contributed by atoms with Gasteiger partial charge in [-0.15, -0.1) is 11.3 Å². The van der Waals surface area contributed by atoms with Crippen LogP contribution in [-0.4, -0.2) is 9.55 Å². The number of hydrogen-bond donors (Lipinski definition) is 1.